The molecular formula is C17H26O2. The number of unbranched alkanes of at least 4 members (excludes halogenated alkanes) is 2. The van der Waals surface area contributed by atoms with Crippen LogP contribution in [0.2, 0.25) is 0 Å². The molecule has 0 aliphatic heterocycles. The maximum Gasteiger partial charge on any atom is 0.132 e. The van der Waals surface area contributed by atoms with Gasteiger partial charge in [-0.1, -0.05) is 25.5 Å². The molecule has 0 unspecified atom stereocenters. The minimum Gasteiger partial charge on any atom is -0.494 e. The zero-order chi connectivity index (χ0) is 14.1. The van der Waals surface area contributed by atoms with Crippen LogP contribution in [0.1, 0.15) is 57.1 Å². The summed E-state index contributed by atoms with van der Waals surface area (Å²) in [4.78, 5) is 11.2. The third-order valence-electron chi connectivity index (χ3n) is 3.49. The maximum atomic E-state index is 11.2. The fourth-order valence-electron chi connectivity index (χ4n) is 2.23. The van der Waals surface area contributed by atoms with Crippen molar-refractivity contribution in [1.82, 2.24) is 0 Å². The molecule has 2 heteroatoms. The van der Waals surface area contributed by atoms with Crippen LogP contribution in [0.15, 0.2) is 18.2 Å². The van der Waals surface area contributed by atoms with E-state index in [2.05, 4.69) is 19.1 Å². The first-order valence-corrected chi connectivity index (χ1v) is 7.42. The molecule has 0 bridgehead atoms. The van der Waals surface area contributed by atoms with Crippen LogP contribution in [0.5, 0.6) is 5.75 Å². The van der Waals surface area contributed by atoms with Crippen LogP contribution < -0.4 is 4.74 Å². The highest BCUT2D eigenvalue weighted by Gasteiger charge is 2.04. The first-order valence-electron chi connectivity index (χ1n) is 7.42. The van der Waals surface area contributed by atoms with Crippen LogP contribution in [0.3, 0.4) is 0 Å². The smallest absolute Gasteiger partial charge is 0.132 e. The number of ether oxygens (including phenoxy) is 1. The van der Waals surface area contributed by atoms with E-state index in [4.69, 9.17) is 4.74 Å². The SMILES string of the molecule is CCOc1cccc(CCCCCC(=O)CC)c1C. The molecule has 0 aliphatic rings. The fraction of sp³-hybridized carbons (Fsp3) is 0.588. The first kappa shape index (κ1) is 15.7. The molecule has 0 saturated heterocycles. The molecule has 106 valence electrons. The van der Waals surface area contributed by atoms with Gasteiger partial charge in [0.15, 0.2) is 0 Å². The van der Waals surface area contributed by atoms with Gasteiger partial charge in [-0.2, -0.15) is 0 Å². The monoisotopic (exact) mass is 262 g/mol. The van der Waals surface area contributed by atoms with Crippen molar-refractivity contribution in [2.75, 3.05) is 6.61 Å². The second-order valence-corrected chi connectivity index (χ2v) is 4.93. The molecule has 0 atom stereocenters. The molecule has 0 aliphatic carbocycles. The van der Waals surface area contributed by atoms with Gasteiger partial charge in [0.25, 0.3) is 0 Å². The molecule has 1 aromatic carbocycles. The van der Waals surface area contributed by atoms with Crippen molar-refractivity contribution in [3.05, 3.63) is 29.3 Å². The maximum absolute atomic E-state index is 11.2. The Labute approximate surface area is 117 Å². The predicted octanol–water partition coefficient (Wildman–Crippen LogP) is 4.48. The van der Waals surface area contributed by atoms with Crippen LogP contribution >= 0.6 is 0 Å². The largest absolute Gasteiger partial charge is 0.494 e. The Morgan fingerprint density at radius 3 is 2.63 bits per heavy atom. The Balaban J connectivity index is 2.37. The molecule has 0 heterocycles. The van der Waals surface area contributed by atoms with Gasteiger partial charge < -0.3 is 4.74 Å². The summed E-state index contributed by atoms with van der Waals surface area (Å²) in [6.45, 7) is 6.78. The Morgan fingerprint density at radius 1 is 1.16 bits per heavy atom. The molecule has 0 aromatic heterocycles. The van der Waals surface area contributed by atoms with Crippen LogP contribution in [0, 0.1) is 6.92 Å². The summed E-state index contributed by atoms with van der Waals surface area (Å²) in [6, 6.07) is 6.27. The zero-order valence-electron chi connectivity index (χ0n) is 12.5. The van der Waals surface area contributed by atoms with E-state index >= 15 is 0 Å². The summed E-state index contributed by atoms with van der Waals surface area (Å²) in [7, 11) is 0. The number of carbonyl (C=O) groups excluding carboxylic acids is 1. The number of ketones is 1. The fourth-order valence-corrected chi connectivity index (χ4v) is 2.23. The molecular weight excluding hydrogens is 236 g/mol. The van der Waals surface area contributed by atoms with Crippen LogP contribution in [0.4, 0.5) is 0 Å². The van der Waals surface area contributed by atoms with Crippen molar-refractivity contribution in [2.45, 2.75) is 59.3 Å². The third-order valence-corrected chi connectivity index (χ3v) is 3.49. The van der Waals surface area contributed by atoms with Crippen LogP contribution in [-0.4, -0.2) is 12.4 Å². The topological polar surface area (TPSA) is 26.3 Å². The Hall–Kier alpha value is -1.31. The highest BCUT2D eigenvalue weighted by molar-refractivity contribution is 5.77. The highest BCUT2D eigenvalue weighted by Crippen LogP contribution is 2.23. The van der Waals surface area contributed by atoms with E-state index in [1.54, 1.807) is 0 Å². The van der Waals surface area contributed by atoms with Crippen molar-refractivity contribution in [3.63, 3.8) is 0 Å². The second kappa shape index (κ2) is 8.73. The molecule has 2 nitrogen and oxygen atoms in total. The highest BCUT2D eigenvalue weighted by atomic mass is 16.5. The summed E-state index contributed by atoms with van der Waals surface area (Å²) >= 11 is 0. The zero-order valence-corrected chi connectivity index (χ0v) is 12.5. The van der Waals surface area contributed by atoms with Crippen molar-refractivity contribution in [1.29, 1.82) is 0 Å². The average molecular weight is 262 g/mol. The first-order chi connectivity index (χ1) is 9.19. The lowest BCUT2D eigenvalue weighted by Gasteiger charge is -2.11. The Morgan fingerprint density at radius 2 is 1.95 bits per heavy atom. The van der Waals surface area contributed by atoms with E-state index in [-0.39, 0.29) is 0 Å². The summed E-state index contributed by atoms with van der Waals surface area (Å²) < 4.78 is 5.61. The lowest BCUT2D eigenvalue weighted by molar-refractivity contribution is -0.118. The standard InChI is InChI=1S/C17H26O2/c1-4-16(18)12-8-6-7-10-15-11-9-13-17(14(15)3)19-5-2/h9,11,13H,4-8,10,12H2,1-3H3. The minimum absolute atomic E-state index is 0.384. The number of hydrogen-bond donors (Lipinski definition) is 0. The molecule has 1 aromatic rings. The van der Waals surface area contributed by atoms with Gasteiger partial charge in [-0.15, -0.1) is 0 Å². The number of carbonyl (C=O) groups is 1. The Kier molecular flexibility index (Phi) is 7.24. The van der Waals surface area contributed by atoms with E-state index in [1.807, 2.05) is 19.9 Å². The van der Waals surface area contributed by atoms with Gasteiger partial charge in [0.05, 0.1) is 6.61 Å². The number of rotatable bonds is 9. The van der Waals surface area contributed by atoms with E-state index in [1.165, 1.54) is 11.1 Å². The number of aryl methyl sites for hydroxylation is 1. The molecule has 1 rings (SSSR count). The molecule has 0 fully saturated rings. The summed E-state index contributed by atoms with van der Waals surface area (Å²) in [5.41, 5.74) is 2.63. The van der Waals surface area contributed by atoms with Crippen LogP contribution in [0.25, 0.3) is 0 Å². The molecule has 0 spiro atoms. The Bertz CT molecular complexity index is 396. The molecule has 19 heavy (non-hydrogen) atoms. The summed E-state index contributed by atoms with van der Waals surface area (Å²) in [6.07, 6.45) is 5.80. The predicted molar refractivity (Wildman–Crippen MR) is 79.8 cm³/mol. The lowest BCUT2D eigenvalue weighted by atomic mass is 10.0. The third kappa shape index (κ3) is 5.46. The van der Waals surface area contributed by atoms with Gasteiger partial charge in [-0.25, -0.2) is 0 Å². The second-order valence-electron chi connectivity index (χ2n) is 4.93. The average Bonchev–Trinajstić information content (AvgIpc) is 2.42. The van der Waals surface area contributed by atoms with Gasteiger partial charge in [0.2, 0.25) is 0 Å². The quantitative estimate of drug-likeness (QED) is 0.613. The van der Waals surface area contributed by atoms with Crippen molar-refractivity contribution in [2.24, 2.45) is 0 Å². The molecule has 0 amide bonds. The molecule has 0 N–H and O–H groups in total. The number of hydrogen-bond acceptors (Lipinski definition) is 2. The van der Waals surface area contributed by atoms with Crippen molar-refractivity contribution < 1.29 is 9.53 Å². The number of benzene rings is 1. The van der Waals surface area contributed by atoms with Gasteiger partial charge >= 0.3 is 0 Å². The van der Waals surface area contributed by atoms with Crippen LogP contribution in [-0.2, 0) is 11.2 Å². The lowest BCUT2D eigenvalue weighted by Crippen LogP contribution is -1.98. The van der Waals surface area contributed by atoms with Crippen molar-refractivity contribution in [3.8, 4) is 5.75 Å². The summed E-state index contributed by atoms with van der Waals surface area (Å²) in [5, 5.41) is 0. The number of Topliss-reactive ketones (excluding diaryl/α,β-unsaturated/α-hetero) is 1. The summed E-state index contributed by atoms with van der Waals surface area (Å²) in [5.74, 6) is 1.38. The van der Waals surface area contributed by atoms with E-state index in [0.29, 0.717) is 18.8 Å². The van der Waals surface area contributed by atoms with E-state index < -0.39 is 0 Å². The minimum atomic E-state index is 0.384. The normalized spacial score (nSPS) is 10.5. The van der Waals surface area contributed by atoms with Gasteiger partial charge in [0.1, 0.15) is 11.5 Å². The van der Waals surface area contributed by atoms with Crippen molar-refractivity contribution >= 4 is 5.78 Å². The van der Waals surface area contributed by atoms with E-state index in [0.717, 1.165) is 37.9 Å². The molecule has 0 saturated carbocycles. The van der Waals surface area contributed by atoms with Gasteiger partial charge in [-0.05, 0) is 50.3 Å². The molecule has 0 radical (unpaired) electrons. The van der Waals surface area contributed by atoms with Gasteiger partial charge in [-0.3, -0.25) is 4.79 Å². The van der Waals surface area contributed by atoms with E-state index in [9.17, 15) is 4.79 Å². The van der Waals surface area contributed by atoms with Gasteiger partial charge in [0, 0.05) is 12.8 Å².